The van der Waals surface area contributed by atoms with E-state index in [1.165, 1.54) is 25.4 Å². The molecule has 1 aromatic carbocycles. The van der Waals surface area contributed by atoms with Crippen molar-refractivity contribution in [3.05, 3.63) is 53.5 Å². The van der Waals surface area contributed by atoms with E-state index in [9.17, 15) is 13.2 Å². The maximum absolute atomic E-state index is 12.4. The monoisotopic (exact) mass is 322 g/mol. The van der Waals surface area contributed by atoms with Crippen LogP contribution in [0.5, 0.6) is 0 Å². The minimum atomic E-state index is -3.59. The van der Waals surface area contributed by atoms with Crippen LogP contribution in [0, 0.1) is 6.92 Å². The molecule has 1 atom stereocenters. The van der Waals surface area contributed by atoms with E-state index in [1.807, 2.05) is 0 Å². The van der Waals surface area contributed by atoms with Crippen molar-refractivity contribution in [2.75, 3.05) is 7.05 Å². The maximum Gasteiger partial charge on any atom is 0.252 e. The number of nitrogens with one attached hydrogen (secondary N) is 2. The van der Waals surface area contributed by atoms with Crippen LogP contribution in [-0.4, -0.2) is 21.4 Å². The average Bonchev–Trinajstić information content (AvgIpc) is 3.01. The van der Waals surface area contributed by atoms with Gasteiger partial charge in [0.25, 0.3) is 5.91 Å². The number of hydrogen-bond donors (Lipinski definition) is 2. The Morgan fingerprint density at radius 3 is 2.59 bits per heavy atom. The number of furan rings is 1. The molecule has 0 aliphatic heterocycles. The molecule has 2 rings (SSSR count). The van der Waals surface area contributed by atoms with Gasteiger partial charge in [0.05, 0.1) is 17.2 Å². The topological polar surface area (TPSA) is 88.4 Å². The van der Waals surface area contributed by atoms with Gasteiger partial charge in [0.15, 0.2) is 0 Å². The van der Waals surface area contributed by atoms with Crippen LogP contribution in [-0.2, 0) is 10.0 Å². The molecule has 0 aliphatic rings. The largest absolute Gasteiger partial charge is 0.467 e. The fraction of sp³-hybridized carbons (Fsp3) is 0.267. The lowest BCUT2D eigenvalue weighted by Gasteiger charge is -2.14. The van der Waals surface area contributed by atoms with E-state index in [2.05, 4.69) is 10.0 Å². The molecule has 0 fully saturated rings. The van der Waals surface area contributed by atoms with Gasteiger partial charge in [-0.15, -0.1) is 0 Å². The molecular weight excluding hydrogens is 304 g/mol. The van der Waals surface area contributed by atoms with E-state index in [-0.39, 0.29) is 16.8 Å². The number of carbonyl (C=O) groups excluding carboxylic acids is 1. The van der Waals surface area contributed by atoms with Crippen molar-refractivity contribution in [1.82, 2.24) is 10.0 Å². The summed E-state index contributed by atoms with van der Waals surface area (Å²) in [4.78, 5) is 12.4. The Balaban J connectivity index is 2.28. The predicted octanol–water partition coefficient (Wildman–Crippen LogP) is 1.99. The Bertz CT molecular complexity index is 767. The normalized spacial score (nSPS) is 12.9. The summed E-state index contributed by atoms with van der Waals surface area (Å²) in [6.45, 7) is 3.54. The second-order valence-corrected chi connectivity index (χ2v) is 6.78. The molecular formula is C15H18N2O4S. The Kier molecular flexibility index (Phi) is 4.68. The Morgan fingerprint density at radius 1 is 1.27 bits per heavy atom. The van der Waals surface area contributed by atoms with Gasteiger partial charge in [-0.2, -0.15) is 0 Å². The molecule has 6 nitrogen and oxygen atoms in total. The van der Waals surface area contributed by atoms with Crippen molar-refractivity contribution >= 4 is 15.9 Å². The van der Waals surface area contributed by atoms with Crippen LogP contribution in [0.1, 0.15) is 34.6 Å². The minimum absolute atomic E-state index is 0.0522. The van der Waals surface area contributed by atoms with Gasteiger partial charge in [-0.3, -0.25) is 4.79 Å². The third kappa shape index (κ3) is 3.37. The molecule has 0 unspecified atom stereocenters. The molecule has 2 N–H and O–H groups in total. The molecule has 0 spiro atoms. The summed E-state index contributed by atoms with van der Waals surface area (Å²) in [7, 11) is -2.26. The first-order valence-electron chi connectivity index (χ1n) is 6.73. The summed E-state index contributed by atoms with van der Waals surface area (Å²) in [5.41, 5.74) is 1.01. The van der Waals surface area contributed by atoms with Crippen LogP contribution in [0.3, 0.4) is 0 Å². The van der Waals surface area contributed by atoms with Crippen molar-refractivity contribution in [3.8, 4) is 0 Å². The number of hydrogen-bond acceptors (Lipinski definition) is 4. The molecule has 0 saturated carbocycles. The van der Waals surface area contributed by atoms with Crippen LogP contribution in [0.15, 0.2) is 45.9 Å². The van der Waals surface area contributed by atoms with E-state index in [4.69, 9.17) is 4.42 Å². The number of amides is 1. The smallest absolute Gasteiger partial charge is 0.252 e. The predicted molar refractivity (Wildman–Crippen MR) is 82.0 cm³/mol. The van der Waals surface area contributed by atoms with E-state index in [1.54, 1.807) is 32.0 Å². The number of rotatable bonds is 5. The van der Waals surface area contributed by atoms with Crippen LogP contribution in [0.2, 0.25) is 0 Å². The number of carbonyl (C=O) groups is 1. The molecule has 118 valence electrons. The fourth-order valence-electron chi connectivity index (χ4n) is 2.01. The Hall–Kier alpha value is -2.12. The molecule has 0 radical (unpaired) electrons. The van der Waals surface area contributed by atoms with Gasteiger partial charge in [-0.1, -0.05) is 6.07 Å². The first-order chi connectivity index (χ1) is 10.3. The van der Waals surface area contributed by atoms with Crippen LogP contribution in [0.25, 0.3) is 0 Å². The van der Waals surface area contributed by atoms with Gasteiger partial charge in [-0.05, 0) is 50.7 Å². The molecule has 22 heavy (non-hydrogen) atoms. The van der Waals surface area contributed by atoms with E-state index >= 15 is 0 Å². The number of aryl methyl sites for hydroxylation is 1. The summed E-state index contributed by atoms with van der Waals surface area (Å²) >= 11 is 0. The average molecular weight is 322 g/mol. The zero-order chi connectivity index (χ0) is 16.3. The van der Waals surface area contributed by atoms with Gasteiger partial charge in [0.2, 0.25) is 10.0 Å². The molecule has 0 aliphatic carbocycles. The third-order valence-electron chi connectivity index (χ3n) is 3.35. The molecule has 1 heterocycles. The Labute approximate surface area is 129 Å². The zero-order valence-electron chi connectivity index (χ0n) is 12.6. The Morgan fingerprint density at radius 2 is 2.00 bits per heavy atom. The van der Waals surface area contributed by atoms with E-state index < -0.39 is 10.0 Å². The molecule has 7 heteroatoms. The molecule has 1 aromatic heterocycles. The molecule has 1 amide bonds. The van der Waals surface area contributed by atoms with Gasteiger partial charge in [-0.25, -0.2) is 13.1 Å². The maximum atomic E-state index is 12.4. The highest BCUT2D eigenvalue weighted by Gasteiger charge is 2.18. The third-order valence-corrected chi connectivity index (χ3v) is 4.76. The number of benzene rings is 1. The lowest BCUT2D eigenvalue weighted by atomic mass is 10.1. The highest BCUT2D eigenvalue weighted by Crippen LogP contribution is 2.18. The number of sulfonamides is 1. The summed E-state index contributed by atoms with van der Waals surface area (Å²) < 4.78 is 31.1. The minimum Gasteiger partial charge on any atom is -0.467 e. The van der Waals surface area contributed by atoms with Gasteiger partial charge in [0, 0.05) is 5.56 Å². The summed E-state index contributed by atoms with van der Waals surface area (Å²) in [6, 6.07) is 7.63. The quantitative estimate of drug-likeness (QED) is 0.881. The van der Waals surface area contributed by atoms with Crippen LogP contribution >= 0.6 is 0 Å². The first kappa shape index (κ1) is 16.3. The standard InChI is InChI=1S/C15H18N2O4S/c1-10-6-7-12(22(19,20)16-3)9-13(10)15(18)17-11(2)14-5-4-8-21-14/h4-9,11,16H,1-3H3,(H,17,18)/t11-/m0/s1. The highest BCUT2D eigenvalue weighted by atomic mass is 32.2. The second-order valence-electron chi connectivity index (χ2n) is 4.89. The zero-order valence-corrected chi connectivity index (χ0v) is 13.4. The fourth-order valence-corrected chi connectivity index (χ4v) is 2.77. The molecule has 2 aromatic rings. The van der Waals surface area contributed by atoms with Crippen molar-refractivity contribution in [1.29, 1.82) is 0 Å². The van der Waals surface area contributed by atoms with Crippen LogP contribution in [0.4, 0.5) is 0 Å². The first-order valence-corrected chi connectivity index (χ1v) is 8.22. The van der Waals surface area contributed by atoms with Crippen molar-refractivity contribution in [3.63, 3.8) is 0 Å². The lowest BCUT2D eigenvalue weighted by molar-refractivity contribution is 0.0934. The second kappa shape index (κ2) is 6.33. The molecule has 0 saturated heterocycles. The summed E-state index contributed by atoms with van der Waals surface area (Å²) in [5.74, 6) is 0.277. The summed E-state index contributed by atoms with van der Waals surface area (Å²) in [5, 5.41) is 2.79. The van der Waals surface area contributed by atoms with Gasteiger partial charge < -0.3 is 9.73 Å². The van der Waals surface area contributed by atoms with Gasteiger partial charge in [0.1, 0.15) is 5.76 Å². The summed E-state index contributed by atoms with van der Waals surface area (Å²) in [6.07, 6.45) is 1.53. The van der Waals surface area contributed by atoms with Crippen molar-refractivity contribution in [2.45, 2.75) is 24.8 Å². The molecule has 0 bridgehead atoms. The highest BCUT2D eigenvalue weighted by molar-refractivity contribution is 7.89. The van der Waals surface area contributed by atoms with E-state index in [0.717, 1.165) is 0 Å². The lowest BCUT2D eigenvalue weighted by Crippen LogP contribution is -2.27. The van der Waals surface area contributed by atoms with Gasteiger partial charge >= 0.3 is 0 Å². The van der Waals surface area contributed by atoms with Crippen molar-refractivity contribution in [2.24, 2.45) is 0 Å². The van der Waals surface area contributed by atoms with E-state index in [0.29, 0.717) is 16.9 Å². The van der Waals surface area contributed by atoms with Crippen molar-refractivity contribution < 1.29 is 17.6 Å². The SMILES string of the molecule is CNS(=O)(=O)c1ccc(C)c(C(=O)N[C@@H](C)c2ccco2)c1. The van der Waals surface area contributed by atoms with Crippen LogP contribution < -0.4 is 10.0 Å².